The van der Waals surface area contributed by atoms with Gasteiger partial charge in [-0.3, -0.25) is 4.79 Å². The highest BCUT2D eigenvalue weighted by Crippen LogP contribution is 2.18. The molecule has 0 saturated carbocycles. The normalized spacial score (nSPS) is 13.5. The van der Waals surface area contributed by atoms with Gasteiger partial charge in [-0.1, -0.05) is 39.5 Å². The van der Waals surface area contributed by atoms with E-state index in [1.54, 1.807) is 0 Å². The number of hydrogen-bond acceptors (Lipinski definition) is 3. The molecule has 0 aromatic carbocycles. The van der Waals surface area contributed by atoms with Crippen molar-refractivity contribution < 1.29 is 9.59 Å². The maximum Gasteiger partial charge on any atom is 0.279 e. The lowest BCUT2D eigenvalue weighted by Gasteiger charge is -2.26. The average molecular weight is 203 g/mol. The molecule has 0 aliphatic carbocycles. The fourth-order valence-corrected chi connectivity index (χ4v) is 1.23. The number of carbonyl (C=O) groups is 2. The van der Waals surface area contributed by atoms with Crippen molar-refractivity contribution in [3.8, 4) is 0 Å². The zero-order valence-electron chi connectivity index (χ0n) is 8.59. The fraction of sp³-hybridized carbons (Fsp3) is 0.778. The quantitative estimate of drug-likeness (QED) is 0.714. The smallest absolute Gasteiger partial charge is 0.279 e. The summed E-state index contributed by atoms with van der Waals surface area (Å²) in [7, 11) is 0. The van der Waals surface area contributed by atoms with Gasteiger partial charge in [0.2, 0.25) is 0 Å². The minimum absolute atomic E-state index is 0.130. The minimum atomic E-state index is -0.404. The van der Waals surface area contributed by atoms with Crippen LogP contribution in [0.4, 0.5) is 4.79 Å². The zero-order chi connectivity index (χ0) is 10.5. The van der Waals surface area contributed by atoms with Crippen molar-refractivity contribution in [2.75, 3.05) is 5.75 Å². The van der Waals surface area contributed by atoms with E-state index >= 15 is 0 Å². The van der Waals surface area contributed by atoms with E-state index in [1.165, 1.54) is 11.8 Å². The predicted molar refractivity (Wildman–Crippen MR) is 56.0 cm³/mol. The molecule has 1 amide bonds. The lowest BCUT2D eigenvalue weighted by Crippen LogP contribution is -2.43. The topological polar surface area (TPSA) is 46.2 Å². The Morgan fingerprint density at radius 3 is 2.38 bits per heavy atom. The van der Waals surface area contributed by atoms with Crippen LogP contribution >= 0.6 is 11.8 Å². The Bertz CT molecular complexity index is 187. The van der Waals surface area contributed by atoms with Crippen molar-refractivity contribution in [1.82, 2.24) is 5.32 Å². The van der Waals surface area contributed by atoms with Crippen molar-refractivity contribution in [1.29, 1.82) is 0 Å². The third kappa shape index (κ3) is 4.93. The molecule has 0 bridgehead atoms. The van der Waals surface area contributed by atoms with Crippen LogP contribution in [0.25, 0.3) is 0 Å². The summed E-state index contributed by atoms with van der Waals surface area (Å²) < 4.78 is 0. The van der Waals surface area contributed by atoms with Crippen molar-refractivity contribution in [3.63, 3.8) is 0 Å². The molecule has 1 atom stereocenters. The first kappa shape index (κ1) is 12.5. The number of hydrogen-bond donors (Lipinski definition) is 1. The molecule has 0 aromatic rings. The maximum atomic E-state index is 11.2. The first-order valence-electron chi connectivity index (χ1n) is 4.30. The van der Waals surface area contributed by atoms with E-state index in [2.05, 4.69) is 5.32 Å². The number of amides is 1. The van der Waals surface area contributed by atoms with Gasteiger partial charge in [0.25, 0.3) is 5.24 Å². The molecule has 0 spiro atoms. The largest absolute Gasteiger partial charge is 0.337 e. The van der Waals surface area contributed by atoms with Gasteiger partial charge in [0.15, 0.2) is 0 Å². The highest BCUT2D eigenvalue weighted by atomic mass is 32.2. The molecule has 3 nitrogen and oxygen atoms in total. The Morgan fingerprint density at radius 2 is 2.08 bits per heavy atom. The van der Waals surface area contributed by atoms with E-state index in [1.807, 2.05) is 27.7 Å². The molecule has 4 heteroatoms. The van der Waals surface area contributed by atoms with E-state index in [4.69, 9.17) is 0 Å². The summed E-state index contributed by atoms with van der Waals surface area (Å²) in [4.78, 5) is 21.8. The highest BCUT2D eigenvalue weighted by molar-refractivity contribution is 8.13. The Kier molecular flexibility index (Phi) is 5.06. The maximum absolute atomic E-state index is 11.2. The second kappa shape index (κ2) is 5.27. The second-order valence-corrected chi connectivity index (χ2v) is 5.08. The Balaban J connectivity index is 4.14. The lowest BCUT2D eigenvalue weighted by atomic mass is 9.88. The van der Waals surface area contributed by atoms with Gasteiger partial charge in [-0.25, -0.2) is 0 Å². The predicted octanol–water partition coefficient (Wildman–Crippen LogP) is 2.06. The minimum Gasteiger partial charge on any atom is -0.337 e. The van der Waals surface area contributed by atoms with Crippen LogP contribution in [-0.4, -0.2) is 23.3 Å². The molecular weight excluding hydrogens is 186 g/mol. The molecular formula is C9H17NO2S. The van der Waals surface area contributed by atoms with Crippen LogP contribution in [0.1, 0.15) is 27.7 Å². The molecule has 76 valence electrons. The molecule has 0 saturated heterocycles. The summed E-state index contributed by atoms with van der Waals surface area (Å²) in [6.45, 7) is 7.66. The zero-order valence-corrected chi connectivity index (χ0v) is 9.40. The summed E-state index contributed by atoms with van der Waals surface area (Å²) in [5.41, 5.74) is -0.217. The molecule has 0 fully saturated rings. The molecule has 0 aromatic heterocycles. The molecule has 0 aliphatic rings. The summed E-state index contributed by atoms with van der Waals surface area (Å²) in [6.07, 6.45) is 0.786. The van der Waals surface area contributed by atoms with Gasteiger partial charge in [-0.15, -0.1) is 0 Å². The Hall–Kier alpha value is -0.510. The summed E-state index contributed by atoms with van der Waals surface area (Å²) in [5, 5.41) is 2.53. The third-order valence-electron chi connectivity index (χ3n) is 1.62. The van der Waals surface area contributed by atoms with Crippen LogP contribution in [0.2, 0.25) is 0 Å². The van der Waals surface area contributed by atoms with Crippen LogP contribution in [0.3, 0.4) is 0 Å². The monoisotopic (exact) mass is 203 g/mol. The molecule has 0 unspecified atom stereocenters. The van der Waals surface area contributed by atoms with E-state index in [9.17, 15) is 9.59 Å². The Labute approximate surface area is 83.7 Å². The lowest BCUT2D eigenvalue weighted by molar-refractivity contribution is -0.111. The van der Waals surface area contributed by atoms with Gasteiger partial charge < -0.3 is 10.1 Å². The third-order valence-corrected chi connectivity index (χ3v) is 2.29. The molecule has 0 radical (unpaired) electrons. The number of carbonyl (C=O) groups excluding carboxylic acids is 2. The van der Waals surface area contributed by atoms with Crippen LogP contribution in [0, 0.1) is 5.41 Å². The van der Waals surface area contributed by atoms with Gasteiger partial charge >= 0.3 is 0 Å². The first-order valence-corrected chi connectivity index (χ1v) is 5.29. The van der Waals surface area contributed by atoms with Crippen molar-refractivity contribution >= 4 is 23.3 Å². The van der Waals surface area contributed by atoms with Crippen LogP contribution < -0.4 is 5.32 Å². The van der Waals surface area contributed by atoms with Crippen LogP contribution in [0.5, 0.6) is 0 Å². The molecule has 0 rings (SSSR count). The van der Waals surface area contributed by atoms with Crippen LogP contribution in [0.15, 0.2) is 0 Å². The van der Waals surface area contributed by atoms with Gasteiger partial charge in [0, 0.05) is 0 Å². The number of rotatable bonds is 3. The first-order chi connectivity index (χ1) is 5.91. The second-order valence-electron chi connectivity index (χ2n) is 3.84. The molecule has 0 aliphatic heterocycles. The number of aldehydes is 1. The average Bonchev–Trinajstić information content (AvgIpc) is 1.98. The summed E-state index contributed by atoms with van der Waals surface area (Å²) in [5.74, 6) is 0.724. The van der Waals surface area contributed by atoms with E-state index < -0.39 is 6.04 Å². The molecule has 1 N–H and O–H groups in total. The molecule has 0 heterocycles. The molecule has 13 heavy (non-hydrogen) atoms. The van der Waals surface area contributed by atoms with Gasteiger partial charge in [-0.05, 0) is 11.2 Å². The van der Waals surface area contributed by atoms with Crippen molar-refractivity contribution in [2.45, 2.75) is 33.7 Å². The summed E-state index contributed by atoms with van der Waals surface area (Å²) >= 11 is 1.18. The van der Waals surface area contributed by atoms with Gasteiger partial charge in [0.05, 0.1) is 6.04 Å². The van der Waals surface area contributed by atoms with Crippen LogP contribution in [-0.2, 0) is 4.79 Å². The van der Waals surface area contributed by atoms with E-state index in [0.29, 0.717) is 0 Å². The highest BCUT2D eigenvalue weighted by Gasteiger charge is 2.25. The summed E-state index contributed by atoms with van der Waals surface area (Å²) in [6, 6.07) is -0.404. The standard InChI is InChI=1S/C9H17NO2S/c1-5-13-8(12)10-7(6-11)9(2,3)4/h6-7H,5H2,1-4H3,(H,10,12)/t7-/m1/s1. The fourth-order valence-electron chi connectivity index (χ4n) is 0.754. The number of nitrogens with one attached hydrogen (secondary N) is 1. The van der Waals surface area contributed by atoms with E-state index in [-0.39, 0.29) is 10.7 Å². The van der Waals surface area contributed by atoms with Gasteiger partial charge in [0.1, 0.15) is 6.29 Å². The van der Waals surface area contributed by atoms with Crippen molar-refractivity contribution in [2.24, 2.45) is 5.41 Å². The SMILES string of the molecule is CCSC(=O)N[C@H](C=O)C(C)(C)C. The number of thioether (sulfide) groups is 1. The van der Waals surface area contributed by atoms with E-state index in [0.717, 1.165) is 12.0 Å². The van der Waals surface area contributed by atoms with Crippen molar-refractivity contribution in [3.05, 3.63) is 0 Å². The Morgan fingerprint density at radius 1 is 1.54 bits per heavy atom. The van der Waals surface area contributed by atoms with Gasteiger partial charge in [-0.2, -0.15) is 0 Å².